The molecule has 2 atom stereocenters. The zero-order valence-corrected chi connectivity index (χ0v) is 16.1. The Morgan fingerprint density at radius 1 is 1.25 bits per heavy atom. The fourth-order valence-corrected chi connectivity index (χ4v) is 2.71. The number of nitro benzene ring substituents is 1. The molecular weight excluding hydrogens is 388 g/mol. The molecule has 0 radical (unpaired) electrons. The lowest BCUT2D eigenvalue weighted by Gasteiger charge is -2.19. The number of aliphatic hydroxyl groups is 2. The number of benzene rings is 2. The summed E-state index contributed by atoms with van der Waals surface area (Å²) in [5.74, 6) is 0.540. The molecule has 4 N–H and O–H groups in total. The molecule has 0 fully saturated rings. The molecule has 0 saturated carbocycles. The number of nitrogens with zero attached hydrogens (tertiary/aromatic N) is 1. The average Bonchev–Trinajstić information content (AvgIpc) is 2.70. The zero-order chi connectivity index (χ0) is 19.8. The quantitative estimate of drug-likeness (QED) is 0.232. The van der Waals surface area contributed by atoms with Gasteiger partial charge in [0, 0.05) is 17.7 Å². The highest BCUT2D eigenvalue weighted by Gasteiger charge is 2.24. The van der Waals surface area contributed by atoms with Crippen LogP contribution in [-0.4, -0.2) is 47.2 Å². The second kappa shape index (κ2) is 11.4. The molecule has 0 spiro atoms. The van der Waals surface area contributed by atoms with Crippen molar-refractivity contribution in [2.24, 2.45) is 0 Å². The van der Waals surface area contributed by atoms with Crippen molar-refractivity contribution in [1.29, 1.82) is 0 Å². The summed E-state index contributed by atoms with van der Waals surface area (Å²) in [7, 11) is 1.53. The number of ether oxygens (including phenoxy) is 1. The number of hydrogen-bond donors (Lipinski definition) is 3. The van der Waals surface area contributed by atoms with Crippen LogP contribution in [0.2, 0.25) is 0 Å². The molecule has 2 unspecified atom stereocenters. The maximum atomic E-state index is 12.3. The van der Waals surface area contributed by atoms with E-state index in [0.717, 1.165) is 0 Å². The van der Waals surface area contributed by atoms with Gasteiger partial charge in [0.25, 0.3) is 5.69 Å². The lowest BCUT2D eigenvalue weighted by molar-refractivity contribution is -0.698. The van der Waals surface area contributed by atoms with Crippen molar-refractivity contribution >= 4 is 11.5 Å². The van der Waals surface area contributed by atoms with Gasteiger partial charge in [-0.2, -0.15) is 0 Å². The van der Waals surface area contributed by atoms with Crippen LogP contribution in [0.15, 0.2) is 48.5 Å². The molecule has 0 heterocycles. The summed E-state index contributed by atoms with van der Waals surface area (Å²) < 4.78 is 5.10. The number of nitrogens with two attached hydrogens (primary N) is 1. The number of aliphatic hydroxyl groups excluding tert-OH is 2. The Morgan fingerprint density at radius 3 is 2.50 bits per heavy atom. The summed E-state index contributed by atoms with van der Waals surface area (Å²) in [6, 6.07) is 11.8. The molecule has 0 aliphatic rings. The number of carbonyl (C=O) groups is 1. The van der Waals surface area contributed by atoms with Crippen LogP contribution in [-0.2, 0) is 0 Å². The van der Waals surface area contributed by atoms with E-state index in [1.165, 1.54) is 31.4 Å². The van der Waals surface area contributed by atoms with Crippen LogP contribution in [0.1, 0.15) is 28.4 Å². The molecule has 0 amide bonds. The number of Topliss-reactive ketones (excluding diaryl/α,β-unsaturated/α-hetero) is 1. The number of carbonyl (C=O) groups excluding carboxylic acids is 1. The Bertz CT molecular complexity index is 784. The molecule has 0 bridgehead atoms. The van der Waals surface area contributed by atoms with Crippen LogP contribution in [0.25, 0.3) is 0 Å². The van der Waals surface area contributed by atoms with Crippen molar-refractivity contribution < 1.29 is 42.4 Å². The summed E-state index contributed by atoms with van der Waals surface area (Å²) in [4.78, 5) is 22.4. The van der Waals surface area contributed by atoms with Crippen LogP contribution < -0.4 is 22.5 Å². The molecule has 2 aromatic carbocycles. The van der Waals surface area contributed by atoms with E-state index in [1.807, 2.05) is 0 Å². The van der Waals surface area contributed by atoms with Crippen LogP contribution >= 0.6 is 0 Å². The minimum Gasteiger partial charge on any atom is -1.00 e. The summed E-state index contributed by atoms with van der Waals surface area (Å²) in [6.07, 6.45) is -0.779. The number of methoxy groups -OCH3 is 1. The van der Waals surface area contributed by atoms with E-state index >= 15 is 0 Å². The molecule has 152 valence electrons. The molecule has 2 aromatic rings. The monoisotopic (exact) mass is 410 g/mol. The van der Waals surface area contributed by atoms with Crippen LogP contribution in [0.5, 0.6) is 5.75 Å². The summed E-state index contributed by atoms with van der Waals surface area (Å²) in [5, 5.41) is 32.3. The van der Waals surface area contributed by atoms with E-state index < -0.39 is 17.1 Å². The first kappa shape index (κ1) is 23.5. The maximum Gasteiger partial charge on any atom is 0.269 e. The number of ketones is 1. The molecule has 0 aliphatic carbocycles. The number of rotatable bonds is 10. The fraction of sp³-hybridized carbons (Fsp3) is 0.316. The first-order valence-electron chi connectivity index (χ1n) is 8.50. The molecule has 8 nitrogen and oxygen atoms in total. The van der Waals surface area contributed by atoms with Gasteiger partial charge in [0.1, 0.15) is 17.9 Å². The lowest BCUT2D eigenvalue weighted by atomic mass is 10.0. The van der Waals surface area contributed by atoms with Crippen molar-refractivity contribution in [3.63, 3.8) is 0 Å². The summed E-state index contributed by atoms with van der Waals surface area (Å²) in [5.41, 5.74) is 0.939. The van der Waals surface area contributed by atoms with E-state index in [9.17, 15) is 25.1 Å². The Morgan fingerprint density at radius 2 is 1.93 bits per heavy atom. The Balaban J connectivity index is 0.00000392. The fourth-order valence-electron chi connectivity index (χ4n) is 2.71. The van der Waals surface area contributed by atoms with E-state index in [4.69, 9.17) is 4.74 Å². The van der Waals surface area contributed by atoms with Gasteiger partial charge in [-0.25, -0.2) is 0 Å². The number of halogens is 1. The number of non-ortho nitro benzene ring substituents is 1. The molecule has 9 heteroatoms. The lowest BCUT2D eigenvalue weighted by Crippen LogP contribution is -3.00. The van der Waals surface area contributed by atoms with Crippen molar-refractivity contribution in [3.05, 3.63) is 69.8 Å². The summed E-state index contributed by atoms with van der Waals surface area (Å²) >= 11 is 0. The molecule has 0 aliphatic heterocycles. The zero-order valence-electron chi connectivity index (χ0n) is 15.3. The number of nitro groups is 1. The van der Waals surface area contributed by atoms with Gasteiger partial charge in [0.2, 0.25) is 0 Å². The van der Waals surface area contributed by atoms with E-state index in [-0.39, 0.29) is 36.9 Å². The van der Waals surface area contributed by atoms with E-state index in [0.29, 0.717) is 23.4 Å². The standard InChI is InChI=1S/C19H22N2O6.ClH/c1-27-16-4-2-3-14(11-16)18(23)9-10-20-17(12-22)19(24)13-5-7-15(8-6-13)21(25)26;/h2-8,11,17,19-20,22,24H,9-10,12H2,1H3;1H. The Hall–Kier alpha value is -2.52. The third kappa shape index (κ3) is 6.28. The number of hydrogen-bond acceptors (Lipinski definition) is 6. The molecule has 2 rings (SSSR count). The van der Waals surface area contributed by atoms with Gasteiger partial charge < -0.3 is 32.7 Å². The minimum atomic E-state index is -1.01. The van der Waals surface area contributed by atoms with Crippen molar-refractivity contribution in [2.75, 3.05) is 20.3 Å². The van der Waals surface area contributed by atoms with E-state index in [1.54, 1.807) is 29.6 Å². The summed E-state index contributed by atoms with van der Waals surface area (Å²) in [6.45, 7) is 0.0802. The van der Waals surface area contributed by atoms with Crippen LogP contribution in [0.4, 0.5) is 5.69 Å². The highest BCUT2D eigenvalue weighted by Crippen LogP contribution is 2.19. The Labute approximate surface area is 168 Å². The average molecular weight is 411 g/mol. The normalized spacial score (nSPS) is 12.5. The van der Waals surface area contributed by atoms with E-state index in [2.05, 4.69) is 0 Å². The van der Waals surface area contributed by atoms with Gasteiger partial charge in [-0.3, -0.25) is 14.9 Å². The van der Waals surface area contributed by atoms with Gasteiger partial charge >= 0.3 is 0 Å². The van der Waals surface area contributed by atoms with Gasteiger partial charge in [0.05, 0.1) is 31.6 Å². The third-order valence-corrected chi connectivity index (χ3v) is 4.29. The smallest absolute Gasteiger partial charge is 0.269 e. The predicted molar refractivity (Wildman–Crippen MR) is 97.7 cm³/mol. The Kier molecular flexibility index (Phi) is 9.54. The van der Waals surface area contributed by atoms with Crippen LogP contribution in [0, 0.1) is 10.1 Å². The molecule has 28 heavy (non-hydrogen) atoms. The first-order chi connectivity index (χ1) is 13.0. The highest BCUT2D eigenvalue weighted by atomic mass is 35.5. The SMILES string of the molecule is COc1cccc(C(=O)CC[NH2+]C(CO)C(O)c2ccc([N+](=O)[O-])cc2)c1.[Cl-]. The van der Waals surface area contributed by atoms with Gasteiger partial charge in [-0.05, 0) is 29.8 Å². The molecule has 0 aromatic heterocycles. The topological polar surface area (TPSA) is 127 Å². The van der Waals surface area contributed by atoms with Crippen molar-refractivity contribution in [1.82, 2.24) is 0 Å². The van der Waals surface area contributed by atoms with Gasteiger partial charge in [-0.15, -0.1) is 0 Å². The van der Waals surface area contributed by atoms with Crippen molar-refractivity contribution in [2.45, 2.75) is 18.6 Å². The van der Waals surface area contributed by atoms with Gasteiger partial charge in [-0.1, -0.05) is 12.1 Å². The number of quaternary nitrogens is 1. The van der Waals surface area contributed by atoms with Crippen LogP contribution in [0.3, 0.4) is 0 Å². The second-order valence-electron chi connectivity index (χ2n) is 6.07. The second-order valence-corrected chi connectivity index (χ2v) is 6.07. The maximum absolute atomic E-state index is 12.3. The predicted octanol–water partition coefficient (Wildman–Crippen LogP) is -2.16. The van der Waals surface area contributed by atoms with Gasteiger partial charge in [0.15, 0.2) is 5.78 Å². The molecule has 0 saturated heterocycles. The van der Waals surface area contributed by atoms with Crippen molar-refractivity contribution in [3.8, 4) is 5.75 Å². The molecular formula is C19H23ClN2O6. The first-order valence-corrected chi connectivity index (χ1v) is 8.50. The largest absolute Gasteiger partial charge is 1.00 e. The third-order valence-electron chi connectivity index (χ3n) is 4.29. The highest BCUT2D eigenvalue weighted by molar-refractivity contribution is 5.96. The minimum absolute atomic E-state index is 0.